The van der Waals surface area contributed by atoms with E-state index in [2.05, 4.69) is 36.4 Å². The molecule has 1 amide bonds. The van der Waals surface area contributed by atoms with Crippen molar-refractivity contribution in [3.63, 3.8) is 0 Å². The van der Waals surface area contributed by atoms with Crippen LogP contribution >= 0.6 is 22.6 Å². The Kier molecular flexibility index (Phi) is 9.85. The minimum absolute atomic E-state index is 0.266. The van der Waals surface area contributed by atoms with Gasteiger partial charge in [-0.15, -0.1) is 0 Å². The normalized spacial score (nSPS) is 14.6. The quantitative estimate of drug-likeness (QED) is 0.314. The first-order valence-corrected chi connectivity index (χ1v) is 9.38. The summed E-state index contributed by atoms with van der Waals surface area (Å²) < 4.78 is 12.3. The van der Waals surface area contributed by atoms with E-state index in [4.69, 9.17) is 9.47 Å². The van der Waals surface area contributed by atoms with Gasteiger partial charge >= 0.3 is 6.09 Å². The molecule has 0 bridgehead atoms. The van der Waals surface area contributed by atoms with Gasteiger partial charge in [0.1, 0.15) is 5.60 Å². The standard InChI is InChI=1S/C16H32INO3/c1-7-9-10-11-20-16(6,12-17)13-18(8-2)14(19)21-15(3,4)5/h7-13H2,1-6H3. The van der Waals surface area contributed by atoms with Crippen LogP contribution in [0.25, 0.3) is 0 Å². The molecule has 1 unspecified atom stereocenters. The topological polar surface area (TPSA) is 38.8 Å². The van der Waals surface area contributed by atoms with E-state index < -0.39 is 5.60 Å². The third kappa shape index (κ3) is 9.55. The van der Waals surface area contributed by atoms with E-state index in [-0.39, 0.29) is 11.7 Å². The molecule has 0 saturated heterocycles. The van der Waals surface area contributed by atoms with Gasteiger partial charge in [-0.05, 0) is 41.0 Å². The van der Waals surface area contributed by atoms with E-state index in [9.17, 15) is 4.79 Å². The van der Waals surface area contributed by atoms with Gasteiger partial charge in [0.05, 0.1) is 12.1 Å². The smallest absolute Gasteiger partial charge is 0.410 e. The minimum Gasteiger partial charge on any atom is -0.444 e. The van der Waals surface area contributed by atoms with Gasteiger partial charge in [-0.2, -0.15) is 0 Å². The van der Waals surface area contributed by atoms with Gasteiger partial charge in [0.25, 0.3) is 0 Å². The largest absolute Gasteiger partial charge is 0.444 e. The highest BCUT2D eigenvalue weighted by molar-refractivity contribution is 14.1. The van der Waals surface area contributed by atoms with Gasteiger partial charge in [0, 0.05) is 17.6 Å². The van der Waals surface area contributed by atoms with E-state index in [1.54, 1.807) is 4.90 Å². The first kappa shape index (κ1) is 21.0. The van der Waals surface area contributed by atoms with Gasteiger partial charge in [0.15, 0.2) is 0 Å². The molecule has 0 heterocycles. The van der Waals surface area contributed by atoms with Crippen molar-refractivity contribution in [2.24, 2.45) is 0 Å². The molecule has 0 rings (SSSR count). The van der Waals surface area contributed by atoms with Crippen molar-refractivity contribution >= 4 is 28.7 Å². The molecule has 1 atom stereocenters. The maximum atomic E-state index is 12.2. The number of hydrogen-bond donors (Lipinski definition) is 0. The van der Waals surface area contributed by atoms with Gasteiger partial charge in [-0.3, -0.25) is 0 Å². The van der Waals surface area contributed by atoms with Crippen LogP contribution in [0.2, 0.25) is 0 Å². The number of rotatable bonds is 9. The molecular weight excluding hydrogens is 381 g/mol. The van der Waals surface area contributed by atoms with Crippen molar-refractivity contribution < 1.29 is 14.3 Å². The van der Waals surface area contributed by atoms with Gasteiger partial charge < -0.3 is 14.4 Å². The van der Waals surface area contributed by atoms with Crippen LogP contribution in [-0.4, -0.2) is 46.3 Å². The number of ether oxygens (including phenoxy) is 2. The summed E-state index contributed by atoms with van der Waals surface area (Å²) >= 11 is 2.32. The average molecular weight is 413 g/mol. The highest BCUT2D eigenvalue weighted by Gasteiger charge is 2.30. The lowest BCUT2D eigenvalue weighted by atomic mass is 10.1. The summed E-state index contributed by atoms with van der Waals surface area (Å²) in [6, 6.07) is 0. The second-order valence-electron chi connectivity index (χ2n) is 6.63. The third-order valence-electron chi connectivity index (χ3n) is 3.04. The molecule has 0 aliphatic heterocycles. The Morgan fingerprint density at radius 1 is 1.14 bits per heavy atom. The fourth-order valence-electron chi connectivity index (χ4n) is 1.83. The first-order valence-electron chi connectivity index (χ1n) is 7.85. The summed E-state index contributed by atoms with van der Waals surface area (Å²) in [7, 11) is 0. The van der Waals surface area contributed by atoms with Crippen LogP contribution in [0.4, 0.5) is 4.79 Å². The highest BCUT2D eigenvalue weighted by atomic mass is 127. The number of nitrogens with zero attached hydrogens (tertiary/aromatic N) is 1. The molecule has 0 aliphatic rings. The maximum absolute atomic E-state index is 12.2. The Bertz CT molecular complexity index is 304. The monoisotopic (exact) mass is 413 g/mol. The first-order chi connectivity index (χ1) is 9.67. The fraction of sp³-hybridized carbons (Fsp3) is 0.938. The molecule has 4 nitrogen and oxygen atoms in total. The van der Waals surface area contributed by atoms with Crippen molar-refractivity contribution in [1.29, 1.82) is 0 Å². The lowest BCUT2D eigenvalue weighted by Gasteiger charge is -2.35. The highest BCUT2D eigenvalue weighted by Crippen LogP contribution is 2.19. The number of hydrogen-bond acceptors (Lipinski definition) is 3. The number of alkyl halides is 1. The zero-order valence-corrected chi connectivity index (χ0v) is 16.7. The Morgan fingerprint density at radius 3 is 2.19 bits per heavy atom. The number of carbonyl (C=O) groups is 1. The van der Waals surface area contributed by atoms with E-state index in [0.29, 0.717) is 13.1 Å². The van der Waals surface area contributed by atoms with Crippen LogP contribution < -0.4 is 0 Å². The van der Waals surface area contributed by atoms with Crippen LogP contribution in [0.1, 0.15) is 60.8 Å². The Labute approximate surface area is 144 Å². The van der Waals surface area contributed by atoms with Gasteiger partial charge in [0.2, 0.25) is 0 Å². The van der Waals surface area contributed by atoms with E-state index in [0.717, 1.165) is 17.5 Å². The number of halogens is 1. The van der Waals surface area contributed by atoms with Crippen molar-refractivity contribution in [3.05, 3.63) is 0 Å². The Morgan fingerprint density at radius 2 is 1.76 bits per heavy atom. The lowest BCUT2D eigenvalue weighted by Crippen LogP contribution is -2.48. The average Bonchev–Trinajstić information content (AvgIpc) is 2.39. The summed E-state index contributed by atoms with van der Waals surface area (Å²) in [5, 5.41) is 0. The van der Waals surface area contributed by atoms with Crippen molar-refractivity contribution in [2.45, 2.75) is 72.0 Å². The van der Waals surface area contributed by atoms with Gasteiger partial charge in [-0.1, -0.05) is 42.4 Å². The molecule has 0 aromatic rings. The SMILES string of the molecule is CCCCCOC(C)(CI)CN(CC)C(=O)OC(C)(C)C. The van der Waals surface area contributed by atoms with Crippen molar-refractivity contribution in [2.75, 3.05) is 24.1 Å². The molecule has 0 spiro atoms. The molecule has 0 aromatic carbocycles. The molecule has 5 heteroatoms. The van der Waals surface area contributed by atoms with Crippen LogP contribution in [0.15, 0.2) is 0 Å². The second kappa shape index (κ2) is 9.87. The van der Waals surface area contributed by atoms with Crippen LogP contribution in [-0.2, 0) is 9.47 Å². The Hall–Kier alpha value is -0.0400. The van der Waals surface area contributed by atoms with Crippen LogP contribution in [0, 0.1) is 0 Å². The lowest BCUT2D eigenvalue weighted by molar-refractivity contribution is -0.0423. The summed E-state index contributed by atoms with van der Waals surface area (Å²) in [5.74, 6) is 0. The third-order valence-corrected chi connectivity index (χ3v) is 4.65. The zero-order valence-electron chi connectivity index (χ0n) is 14.5. The number of amides is 1. The summed E-state index contributed by atoms with van der Waals surface area (Å²) in [6.45, 7) is 13.8. The summed E-state index contributed by atoms with van der Waals surface area (Å²) in [6.07, 6.45) is 3.17. The molecular formula is C16H32INO3. The molecule has 21 heavy (non-hydrogen) atoms. The van der Waals surface area contributed by atoms with E-state index in [1.165, 1.54) is 12.8 Å². The number of carbonyl (C=O) groups excluding carboxylic acids is 1. The fourth-order valence-corrected chi connectivity index (χ4v) is 2.29. The molecule has 0 saturated carbocycles. The second-order valence-corrected chi connectivity index (χ2v) is 7.40. The van der Waals surface area contributed by atoms with Crippen LogP contribution in [0.3, 0.4) is 0 Å². The summed E-state index contributed by atoms with van der Waals surface area (Å²) in [4.78, 5) is 13.9. The van der Waals surface area contributed by atoms with E-state index >= 15 is 0 Å². The zero-order chi connectivity index (χ0) is 16.5. The summed E-state index contributed by atoms with van der Waals surface area (Å²) in [5.41, 5.74) is -0.783. The molecule has 0 aromatic heterocycles. The molecule has 0 aliphatic carbocycles. The van der Waals surface area contributed by atoms with Gasteiger partial charge in [-0.25, -0.2) is 4.79 Å². The van der Waals surface area contributed by atoms with E-state index in [1.807, 2.05) is 27.7 Å². The Balaban J connectivity index is 4.55. The molecule has 0 N–H and O–H groups in total. The molecule has 0 fully saturated rings. The van der Waals surface area contributed by atoms with Crippen LogP contribution in [0.5, 0.6) is 0 Å². The molecule has 126 valence electrons. The van der Waals surface area contributed by atoms with Crippen molar-refractivity contribution in [1.82, 2.24) is 4.90 Å². The predicted molar refractivity (Wildman–Crippen MR) is 96.3 cm³/mol. The number of likely N-dealkylation sites (N-methyl/N-ethyl adjacent to an activating group) is 1. The molecule has 0 radical (unpaired) electrons. The predicted octanol–water partition coefficient (Wildman–Crippen LogP) is 4.64. The minimum atomic E-state index is -0.465. The van der Waals surface area contributed by atoms with Crippen molar-refractivity contribution in [3.8, 4) is 0 Å². The number of unbranched alkanes of at least 4 members (excludes halogenated alkanes) is 2. The maximum Gasteiger partial charge on any atom is 0.410 e.